The molecule has 200 valence electrons. The van der Waals surface area contributed by atoms with Crippen molar-refractivity contribution in [1.82, 2.24) is 19.7 Å². The zero-order chi connectivity index (χ0) is 27.6. The highest BCUT2D eigenvalue weighted by Crippen LogP contribution is 2.27. The molecule has 13 heteroatoms. The van der Waals surface area contributed by atoms with E-state index < -0.39 is 23.5 Å². The number of nitrogens with two attached hydrogens (primary N) is 1. The molecule has 1 aliphatic heterocycles. The predicted octanol–water partition coefficient (Wildman–Crippen LogP) is 2.44. The molecule has 5 N–H and O–H groups in total. The van der Waals surface area contributed by atoms with Crippen molar-refractivity contribution in [2.45, 2.75) is 45.1 Å². The number of carboxylic acid groups (broad SMARTS) is 1. The van der Waals surface area contributed by atoms with Crippen LogP contribution in [0, 0.1) is 0 Å². The molecule has 0 spiro atoms. The van der Waals surface area contributed by atoms with Crippen molar-refractivity contribution in [2.75, 3.05) is 23.3 Å². The molecule has 0 saturated carbocycles. The number of rotatable bonds is 6. The lowest BCUT2D eigenvalue weighted by atomic mass is 9.93. The molecular weight excluding hydrogens is 510 g/mol. The number of thiazole rings is 1. The lowest BCUT2D eigenvalue weighted by molar-refractivity contribution is -0.131. The number of amides is 3. The molecule has 1 unspecified atom stereocenters. The summed E-state index contributed by atoms with van der Waals surface area (Å²) in [6, 6.07) is 2.07. The SMILES string of the molecule is CC(C)(C)c1csc(NC(=O)c2ccn3c(=O)c(/C=C/C(=O)O)c(N4CCCC(NC(N)=O)C4)nc3c2)n1. The molecule has 1 atom stereocenters. The topological polar surface area (TPSA) is 172 Å². The second-order valence-corrected chi connectivity index (χ2v) is 10.9. The Hall–Kier alpha value is -4.26. The number of aliphatic carboxylic acids is 1. The Balaban J connectivity index is 1.72. The van der Waals surface area contributed by atoms with E-state index in [2.05, 4.69) is 20.6 Å². The zero-order valence-corrected chi connectivity index (χ0v) is 22.0. The van der Waals surface area contributed by atoms with Gasteiger partial charge in [0.1, 0.15) is 11.5 Å². The number of carbonyl (C=O) groups is 3. The van der Waals surface area contributed by atoms with Crippen molar-refractivity contribution in [3.05, 3.63) is 57.0 Å². The third-order valence-electron chi connectivity index (χ3n) is 6.06. The summed E-state index contributed by atoms with van der Waals surface area (Å²) in [6.07, 6.45) is 4.91. The lowest BCUT2D eigenvalue weighted by Gasteiger charge is -2.34. The predicted molar refractivity (Wildman–Crippen MR) is 145 cm³/mol. The summed E-state index contributed by atoms with van der Waals surface area (Å²) in [5, 5.41) is 17.0. The molecule has 1 fully saturated rings. The van der Waals surface area contributed by atoms with E-state index in [0.29, 0.717) is 31.1 Å². The first kappa shape index (κ1) is 26.8. The summed E-state index contributed by atoms with van der Waals surface area (Å²) < 4.78 is 1.26. The molecule has 4 heterocycles. The van der Waals surface area contributed by atoms with E-state index in [1.165, 1.54) is 40.1 Å². The largest absolute Gasteiger partial charge is 0.478 e. The van der Waals surface area contributed by atoms with Crippen LogP contribution in [-0.2, 0) is 10.2 Å². The monoisotopic (exact) mass is 539 g/mol. The number of urea groups is 1. The molecule has 0 bridgehead atoms. The van der Waals surface area contributed by atoms with E-state index in [4.69, 9.17) is 10.8 Å². The van der Waals surface area contributed by atoms with E-state index in [1.807, 2.05) is 31.1 Å². The van der Waals surface area contributed by atoms with Crippen LogP contribution >= 0.6 is 11.3 Å². The Morgan fingerprint density at radius 2 is 2.03 bits per heavy atom. The molecule has 3 aromatic rings. The number of carboxylic acids is 1. The zero-order valence-electron chi connectivity index (χ0n) is 21.2. The molecule has 12 nitrogen and oxygen atoms in total. The number of carbonyl (C=O) groups excluding carboxylic acids is 2. The standard InChI is InChI=1S/C25H29N7O5S/c1-25(2,3)17-13-38-24(28-17)30-21(35)14-8-10-32-18(11-14)29-20(16(22(32)36)6-7-19(33)34)31-9-4-5-15(12-31)27-23(26)37/h6-8,10-11,13,15H,4-5,9,12H2,1-3H3,(H,33,34)(H3,26,27,37)(H,28,30,35)/b7-6+. The number of hydrogen-bond acceptors (Lipinski definition) is 8. The summed E-state index contributed by atoms with van der Waals surface area (Å²) in [6.45, 7) is 6.97. The number of nitrogens with zero attached hydrogens (tertiary/aromatic N) is 4. The van der Waals surface area contributed by atoms with Crippen LogP contribution in [0.2, 0.25) is 0 Å². The highest BCUT2D eigenvalue weighted by Gasteiger charge is 2.25. The average Bonchev–Trinajstić information content (AvgIpc) is 3.32. The number of hydrogen-bond donors (Lipinski definition) is 4. The fraction of sp³-hybridized carbons (Fsp3) is 0.360. The normalized spacial score (nSPS) is 16.1. The molecule has 38 heavy (non-hydrogen) atoms. The molecule has 1 aliphatic rings. The molecule has 0 aromatic carbocycles. The number of piperidine rings is 1. The van der Waals surface area contributed by atoms with Gasteiger partial charge in [-0.25, -0.2) is 19.6 Å². The molecule has 1 saturated heterocycles. The third-order valence-corrected chi connectivity index (χ3v) is 6.82. The van der Waals surface area contributed by atoms with E-state index >= 15 is 0 Å². The van der Waals surface area contributed by atoms with Crippen molar-refractivity contribution in [1.29, 1.82) is 0 Å². The van der Waals surface area contributed by atoms with Crippen LogP contribution in [0.15, 0.2) is 34.6 Å². The van der Waals surface area contributed by atoms with Crippen LogP contribution in [0.4, 0.5) is 15.7 Å². The second kappa shape index (κ2) is 10.6. The molecule has 3 amide bonds. The first-order valence-corrected chi connectivity index (χ1v) is 12.9. The van der Waals surface area contributed by atoms with Crippen LogP contribution in [-0.4, -0.2) is 56.5 Å². The third kappa shape index (κ3) is 5.99. The fourth-order valence-electron chi connectivity index (χ4n) is 4.16. The Bertz CT molecular complexity index is 1490. The van der Waals surface area contributed by atoms with Crippen LogP contribution in [0.3, 0.4) is 0 Å². The summed E-state index contributed by atoms with van der Waals surface area (Å²) >= 11 is 1.33. The number of anilines is 2. The van der Waals surface area contributed by atoms with Gasteiger partial charge >= 0.3 is 12.0 Å². The summed E-state index contributed by atoms with van der Waals surface area (Å²) in [5.41, 5.74) is 6.07. The van der Waals surface area contributed by atoms with Gasteiger partial charge in [-0.1, -0.05) is 20.8 Å². The lowest BCUT2D eigenvalue weighted by Crippen LogP contribution is -2.50. The minimum atomic E-state index is -1.21. The second-order valence-electron chi connectivity index (χ2n) is 10.0. The van der Waals surface area contributed by atoms with Gasteiger partial charge in [0.2, 0.25) is 0 Å². The molecule has 3 aromatic heterocycles. The maximum atomic E-state index is 13.4. The highest BCUT2D eigenvalue weighted by molar-refractivity contribution is 7.14. The van der Waals surface area contributed by atoms with Crippen LogP contribution in [0.5, 0.6) is 0 Å². The summed E-state index contributed by atoms with van der Waals surface area (Å²) in [7, 11) is 0. The van der Waals surface area contributed by atoms with Crippen molar-refractivity contribution < 1.29 is 19.5 Å². The van der Waals surface area contributed by atoms with E-state index in [0.717, 1.165) is 11.8 Å². The number of pyridine rings is 1. The van der Waals surface area contributed by atoms with E-state index in [9.17, 15) is 19.2 Å². The quantitative estimate of drug-likeness (QED) is 0.346. The number of aromatic nitrogens is 3. The van der Waals surface area contributed by atoms with E-state index in [-0.39, 0.29) is 34.0 Å². The number of nitrogens with one attached hydrogen (secondary N) is 2. The molecule has 4 rings (SSSR count). The minimum Gasteiger partial charge on any atom is -0.478 e. The Morgan fingerprint density at radius 3 is 2.68 bits per heavy atom. The van der Waals surface area contributed by atoms with Gasteiger partial charge in [0.15, 0.2) is 5.13 Å². The van der Waals surface area contributed by atoms with Gasteiger partial charge in [-0.15, -0.1) is 11.3 Å². The van der Waals surface area contributed by atoms with Crippen LogP contribution in [0.25, 0.3) is 11.7 Å². The smallest absolute Gasteiger partial charge is 0.328 e. The Kier molecular flexibility index (Phi) is 7.49. The maximum absolute atomic E-state index is 13.4. The van der Waals surface area contributed by atoms with Gasteiger partial charge in [0.25, 0.3) is 11.5 Å². The Morgan fingerprint density at radius 1 is 1.26 bits per heavy atom. The van der Waals surface area contributed by atoms with Gasteiger partial charge in [0.05, 0.1) is 11.3 Å². The molecule has 0 aliphatic carbocycles. The number of fused-ring (bicyclic) bond motifs is 1. The van der Waals surface area contributed by atoms with Gasteiger partial charge < -0.3 is 21.1 Å². The van der Waals surface area contributed by atoms with Crippen molar-refractivity contribution in [2.24, 2.45) is 5.73 Å². The highest BCUT2D eigenvalue weighted by atomic mass is 32.1. The van der Waals surface area contributed by atoms with Crippen molar-refractivity contribution >= 4 is 51.9 Å². The van der Waals surface area contributed by atoms with Crippen LogP contribution < -0.4 is 26.8 Å². The summed E-state index contributed by atoms with van der Waals surface area (Å²) in [5.74, 6) is -1.36. The summed E-state index contributed by atoms with van der Waals surface area (Å²) in [4.78, 5) is 59.9. The maximum Gasteiger partial charge on any atom is 0.328 e. The van der Waals surface area contributed by atoms with Crippen LogP contribution in [0.1, 0.15) is 55.2 Å². The van der Waals surface area contributed by atoms with Crippen molar-refractivity contribution in [3.63, 3.8) is 0 Å². The molecule has 0 radical (unpaired) electrons. The minimum absolute atomic E-state index is 0.0827. The van der Waals surface area contributed by atoms with Gasteiger partial charge in [0, 0.05) is 47.8 Å². The van der Waals surface area contributed by atoms with E-state index in [1.54, 1.807) is 0 Å². The average molecular weight is 540 g/mol. The first-order valence-electron chi connectivity index (χ1n) is 12.0. The van der Waals surface area contributed by atoms with Gasteiger partial charge in [-0.2, -0.15) is 0 Å². The number of primary amides is 1. The van der Waals surface area contributed by atoms with Gasteiger partial charge in [-0.3, -0.25) is 19.3 Å². The van der Waals surface area contributed by atoms with Crippen molar-refractivity contribution in [3.8, 4) is 0 Å². The first-order chi connectivity index (χ1) is 17.9. The Labute approximate surface area is 222 Å². The molecular formula is C25H29N7O5S. The van der Waals surface area contributed by atoms with Gasteiger partial charge in [-0.05, 0) is 31.1 Å². The fourth-order valence-corrected chi connectivity index (χ4v) is 5.09.